The molecule has 1 aliphatic carbocycles. The highest BCUT2D eigenvalue weighted by Crippen LogP contribution is 2.48. The lowest BCUT2D eigenvalue weighted by atomic mass is 9.88. The van der Waals surface area contributed by atoms with E-state index in [1.54, 1.807) is 0 Å². The van der Waals surface area contributed by atoms with Gasteiger partial charge in [-0.1, -0.05) is 27.7 Å². The van der Waals surface area contributed by atoms with Crippen molar-refractivity contribution >= 4 is 5.90 Å². The molecule has 2 rings (SSSR count). The molecule has 74 valence electrons. The van der Waals surface area contributed by atoms with Gasteiger partial charge in [0.05, 0.1) is 6.04 Å². The van der Waals surface area contributed by atoms with Gasteiger partial charge >= 0.3 is 0 Å². The molecule has 0 amide bonds. The third-order valence-electron chi connectivity index (χ3n) is 3.17. The van der Waals surface area contributed by atoms with Gasteiger partial charge in [-0.15, -0.1) is 0 Å². The SMILES string of the molecule is CC1(C2=NC(C(C)(C)C)CO2)CC1. The van der Waals surface area contributed by atoms with Crippen LogP contribution < -0.4 is 0 Å². The quantitative estimate of drug-likeness (QED) is 0.609. The van der Waals surface area contributed by atoms with Crippen LogP contribution in [0.4, 0.5) is 0 Å². The zero-order valence-corrected chi connectivity index (χ0v) is 9.05. The Morgan fingerprint density at radius 2 is 2.00 bits per heavy atom. The first kappa shape index (κ1) is 9.04. The molecule has 1 atom stereocenters. The lowest BCUT2D eigenvalue weighted by molar-refractivity contribution is 0.228. The summed E-state index contributed by atoms with van der Waals surface area (Å²) < 4.78 is 5.67. The summed E-state index contributed by atoms with van der Waals surface area (Å²) in [5.41, 5.74) is 0.549. The second-order valence-corrected chi connectivity index (χ2v) is 5.69. The Morgan fingerprint density at radius 1 is 1.38 bits per heavy atom. The fourth-order valence-corrected chi connectivity index (χ4v) is 1.55. The maximum absolute atomic E-state index is 5.67. The second-order valence-electron chi connectivity index (χ2n) is 5.69. The van der Waals surface area contributed by atoms with Crippen LogP contribution in [0.15, 0.2) is 4.99 Å². The summed E-state index contributed by atoms with van der Waals surface area (Å²) in [6, 6.07) is 0.361. The normalized spacial score (nSPS) is 31.1. The molecule has 1 unspecified atom stereocenters. The predicted octanol–water partition coefficient (Wildman–Crippen LogP) is 2.63. The molecule has 2 heteroatoms. The molecule has 1 fully saturated rings. The van der Waals surface area contributed by atoms with Crippen molar-refractivity contribution < 1.29 is 4.74 Å². The zero-order chi connectivity index (χ0) is 9.69. The van der Waals surface area contributed by atoms with E-state index in [0.29, 0.717) is 11.5 Å². The highest BCUT2D eigenvalue weighted by molar-refractivity contribution is 5.86. The minimum absolute atomic E-state index is 0.243. The number of rotatable bonds is 1. The molecule has 0 aromatic carbocycles. The molecule has 0 bridgehead atoms. The Bertz CT molecular complexity index is 245. The summed E-state index contributed by atoms with van der Waals surface area (Å²) in [5, 5.41) is 0. The van der Waals surface area contributed by atoms with E-state index in [1.165, 1.54) is 12.8 Å². The molecule has 0 spiro atoms. The van der Waals surface area contributed by atoms with Gasteiger partial charge in [0.2, 0.25) is 0 Å². The third kappa shape index (κ3) is 1.59. The van der Waals surface area contributed by atoms with Gasteiger partial charge in [-0.05, 0) is 18.3 Å². The highest BCUT2D eigenvalue weighted by atomic mass is 16.5. The Hall–Kier alpha value is -0.530. The van der Waals surface area contributed by atoms with Crippen LogP contribution in [0.3, 0.4) is 0 Å². The predicted molar refractivity (Wildman–Crippen MR) is 54.0 cm³/mol. The van der Waals surface area contributed by atoms with Gasteiger partial charge in [-0.25, -0.2) is 4.99 Å². The maximum Gasteiger partial charge on any atom is 0.189 e. The van der Waals surface area contributed by atoms with E-state index in [2.05, 4.69) is 32.7 Å². The van der Waals surface area contributed by atoms with Gasteiger partial charge in [-0.2, -0.15) is 0 Å². The Labute approximate surface area is 80.4 Å². The van der Waals surface area contributed by atoms with E-state index in [4.69, 9.17) is 4.74 Å². The van der Waals surface area contributed by atoms with E-state index in [1.807, 2.05) is 0 Å². The first-order chi connectivity index (χ1) is 5.92. The molecule has 1 aliphatic heterocycles. The van der Waals surface area contributed by atoms with E-state index in [9.17, 15) is 0 Å². The third-order valence-corrected chi connectivity index (χ3v) is 3.17. The van der Waals surface area contributed by atoms with Crippen molar-refractivity contribution in [3.05, 3.63) is 0 Å². The average molecular weight is 181 g/mol. The number of hydrogen-bond acceptors (Lipinski definition) is 2. The molecule has 1 saturated carbocycles. The van der Waals surface area contributed by atoms with Gasteiger partial charge in [-0.3, -0.25) is 0 Å². The Balaban J connectivity index is 2.10. The van der Waals surface area contributed by atoms with Crippen LogP contribution in [0, 0.1) is 10.8 Å². The number of aliphatic imine (C=N–C) groups is 1. The summed E-state index contributed by atoms with van der Waals surface area (Å²) in [6.45, 7) is 9.71. The van der Waals surface area contributed by atoms with Crippen molar-refractivity contribution in [2.24, 2.45) is 15.8 Å². The molecule has 0 N–H and O–H groups in total. The van der Waals surface area contributed by atoms with Crippen LogP contribution in [-0.4, -0.2) is 18.5 Å². The molecule has 0 aromatic heterocycles. The van der Waals surface area contributed by atoms with Crippen LogP contribution in [0.5, 0.6) is 0 Å². The van der Waals surface area contributed by atoms with Crippen molar-refractivity contribution in [3.63, 3.8) is 0 Å². The first-order valence-corrected chi connectivity index (χ1v) is 5.13. The number of ether oxygens (including phenoxy) is 1. The molecule has 0 aromatic rings. The number of hydrogen-bond donors (Lipinski definition) is 0. The average Bonchev–Trinajstić information content (AvgIpc) is 2.60. The summed E-state index contributed by atoms with van der Waals surface area (Å²) in [6.07, 6.45) is 2.51. The van der Waals surface area contributed by atoms with E-state index in [0.717, 1.165) is 12.5 Å². The molecule has 1 heterocycles. The van der Waals surface area contributed by atoms with Crippen LogP contribution in [-0.2, 0) is 4.74 Å². The fourth-order valence-electron chi connectivity index (χ4n) is 1.55. The molecule has 0 radical (unpaired) electrons. The maximum atomic E-state index is 5.67. The van der Waals surface area contributed by atoms with E-state index >= 15 is 0 Å². The van der Waals surface area contributed by atoms with E-state index < -0.39 is 0 Å². The monoisotopic (exact) mass is 181 g/mol. The van der Waals surface area contributed by atoms with Crippen LogP contribution in [0.25, 0.3) is 0 Å². The minimum Gasteiger partial charge on any atom is -0.478 e. The molecular weight excluding hydrogens is 162 g/mol. The summed E-state index contributed by atoms with van der Waals surface area (Å²) in [7, 11) is 0. The van der Waals surface area contributed by atoms with Crippen molar-refractivity contribution in [1.82, 2.24) is 0 Å². The molecule has 13 heavy (non-hydrogen) atoms. The Morgan fingerprint density at radius 3 is 2.38 bits per heavy atom. The van der Waals surface area contributed by atoms with Gasteiger partial charge in [0.25, 0.3) is 0 Å². The standard InChI is InChI=1S/C11H19NO/c1-10(2,3)8-7-13-9(12-8)11(4)5-6-11/h8H,5-7H2,1-4H3. The van der Waals surface area contributed by atoms with Gasteiger partial charge in [0.15, 0.2) is 5.90 Å². The van der Waals surface area contributed by atoms with Crippen molar-refractivity contribution in [3.8, 4) is 0 Å². The van der Waals surface area contributed by atoms with Gasteiger partial charge in [0, 0.05) is 5.41 Å². The minimum atomic E-state index is 0.243. The smallest absolute Gasteiger partial charge is 0.189 e. The van der Waals surface area contributed by atoms with Gasteiger partial charge in [0.1, 0.15) is 6.61 Å². The summed E-state index contributed by atoms with van der Waals surface area (Å²) in [5.74, 6) is 1.02. The van der Waals surface area contributed by atoms with Crippen molar-refractivity contribution in [2.75, 3.05) is 6.61 Å². The lowest BCUT2D eigenvalue weighted by Crippen LogP contribution is -2.25. The highest BCUT2D eigenvalue weighted by Gasteiger charge is 2.47. The van der Waals surface area contributed by atoms with Crippen molar-refractivity contribution in [2.45, 2.75) is 46.6 Å². The van der Waals surface area contributed by atoms with E-state index in [-0.39, 0.29) is 5.41 Å². The van der Waals surface area contributed by atoms with Crippen LogP contribution >= 0.6 is 0 Å². The summed E-state index contributed by atoms with van der Waals surface area (Å²) in [4.78, 5) is 4.69. The van der Waals surface area contributed by atoms with Gasteiger partial charge < -0.3 is 4.74 Å². The largest absolute Gasteiger partial charge is 0.478 e. The molecule has 2 aliphatic rings. The summed E-state index contributed by atoms with van der Waals surface area (Å²) >= 11 is 0. The van der Waals surface area contributed by atoms with Crippen molar-refractivity contribution in [1.29, 1.82) is 0 Å². The zero-order valence-electron chi connectivity index (χ0n) is 9.05. The lowest BCUT2D eigenvalue weighted by Gasteiger charge is -2.21. The topological polar surface area (TPSA) is 21.6 Å². The van der Waals surface area contributed by atoms with Crippen LogP contribution in [0.2, 0.25) is 0 Å². The Kier molecular flexibility index (Phi) is 1.73. The molecule has 0 saturated heterocycles. The second kappa shape index (κ2) is 2.49. The first-order valence-electron chi connectivity index (χ1n) is 5.13. The molecular formula is C11H19NO. The fraction of sp³-hybridized carbons (Fsp3) is 0.909. The number of nitrogens with zero attached hydrogens (tertiary/aromatic N) is 1. The van der Waals surface area contributed by atoms with Crippen LogP contribution in [0.1, 0.15) is 40.5 Å². The molecule has 2 nitrogen and oxygen atoms in total.